The molecule has 1 heterocycles. The molecule has 1 aromatic carbocycles. The number of benzene rings is 1. The lowest BCUT2D eigenvalue weighted by molar-refractivity contribution is 0.0918. The lowest BCUT2D eigenvalue weighted by atomic mass is 10.3. The molecule has 0 aliphatic carbocycles. The monoisotopic (exact) mass is 276 g/mol. The highest BCUT2D eigenvalue weighted by atomic mass is 16.6. The van der Waals surface area contributed by atoms with E-state index >= 15 is 0 Å². The average molecular weight is 276 g/mol. The number of para-hydroxylation sites is 1. The number of carbonyl (C=O) groups is 1. The van der Waals surface area contributed by atoms with Gasteiger partial charge in [0.1, 0.15) is 0 Å². The molecule has 6 heteroatoms. The van der Waals surface area contributed by atoms with E-state index in [1.807, 2.05) is 35.2 Å². The lowest BCUT2D eigenvalue weighted by Gasteiger charge is -2.34. The van der Waals surface area contributed by atoms with Crippen LogP contribution in [0.1, 0.15) is 6.92 Å². The van der Waals surface area contributed by atoms with E-state index < -0.39 is 0 Å². The predicted octanol–water partition coefficient (Wildman–Crippen LogP) is 1.41. The second-order valence-corrected chi connectivity index (χ2v) is 4.48. The van der Waals surface area contributed by atoms with Crippen LogP contribution in [0.25, 0.3) is 0 Å². The molecule has 1 aliphatic rings. The Labute approximate surface area is 118 Å². The summed E-state index contributed by atoms with van der Waals surface area (Å²) in [7, 11) is 0. The third-order valence-corrected chi connectivity index (χ3v) is 3.13. The van der Waals surface area contributed by atoms with Crippen LogP contribution >= 0.6 is 0 Å². The molecule has 0 spiro atoms. The smallest absolute Gasteiger partial charge is 0.409 e. The molecule has 0 radical (unpaired) electrons. The number of aliphatic imine (C=N–C) groups is 1. The Bertz CT molecular complexity index is 467. The fourth-order valence-electron chi connectivity index (χ4n) is 2.04. The number of ether oxygens (including phenoxy) is 1. The molecule has 0 saturated carbocycles. The van der Waals surface area contributed by atoms with E-state index in [0.29, 0.717) is 38.7 Å². The first-order chi connectivity index (χ1) is 9.70. The third kappa shape index (κ3) is 3.63. The molecule has 2 rings (SSSR count). The number of carbonyl (C=O) groups excluding carboxylic acids is 1. The minimum atomic E-state index is -0.259. The number of guanidine groups is 1. The molecule has 1 aromatic rings. The first-order valence-electron chi connectivity index (χ1n) is 6.76. The molecular weight excluding hydrogens is 256 g/mol. The van der Waals surface area contributed by atoms with Crippen LogP contribution in [-0.4, -0.2) is 54.6 Å². The SMILES string of the molecule is CCOC(=O)N1CCN(C(N)=Nc2ccccc2)CC1. The highest BCUT2D eigenvalue weighted by molar-refractivity contribution is 5.81. The summed E-state index contributed by atoms with van der Waals surface area (Å²) in [6, 6.07) is 9.59. The lowest BCUT2D eigenvalue weighted by Crippen LogP contribution is -2.52. The number of nitrogens with two attached hydrogens (primary N) is 1. The standard InChI is InChI=1S/C14H20N4O2/c1-2-20-14(19)18-10-8-17(9-11-18)13(15)16-12-6-4-3-5-7-12/h3-7H,2,8-11H2,1H3,(H2,15,16). The van der Waals surface area contributed by atoms with Crippen molar-refractivity contribution < 1.29 is 9.53 Å². The molecule has 1 amide bonds. The Hall–Kier alpha value is -2.24. The van der Waals surface area contributed by atoms with E-state index in [1.165, 1.54) is 0 Å². The van der Waals surface area contributed by atoms with Crippen molar-refractivity contribution in [1.29, 1.82) is 0 Å². The van der Waals surface area contributed by atoms with Gasteiger partial charge in [-0.2, -0.15) is 0 Å². The van der Waals surface area contributed by atoms with E-state index in [-0.39, 0.29) is 6.09 Å². The number of piperazine rings is 1. The van der Waals surface area contributed by atoms with Gasteiger partial charge in [-0.3, -0.25) is 0 Å². The molecule has 2 N–H and O–H groups in total. The van der Waals surface area contributed by atoms with Crippen molar-refractivity contribution >= 4 is 17.7 Å². The van der Waals surface area contributed by atoms with Crippen LogP contribution in [0.3, 0.4) is 0 Å². The summed E-state index contributed by atoms with van der Waals surface area (Å²) in [6.07, 6.45) is -0.259. The molecule has 108 valence electrons. The molecule has 1 saturated heterocycles. The van der Waals surface area contributed by atoms with Gasteiger partial charge in [0.25, 0.3) is 0 Å². The van der Waals surface area contributed by atoms with Crippen molar-refractivity contribution in [1.82, 2.24) is 9.80 Å². The fraction of sp³-hybridized carbons (Fsp3) is 0.429. The van der Waals surface area contributed by atoms with Crippen molar-refractivity contribution in [3.8, 4) is 0 Å². The molecule has 20 heavy (non-hydrogen) atoms. The number of amides is 1. The van der Waals surface area contributed by atoms with E-state index in [2.05, 4.69) is 4.99 Å². The Morgan fingerprint density at radius 2 is 1.80 bits per heavy atom. The Morgan fingerprint density at radius 1 is 1.20 bits per heavy atom. The first-order valence-corrected chi connectivity index (χ1v) is 6.76. The summed E-state index contributed by atoms with van der Waals surface area (Å²) in [6.45, 7) is 4.74. The minimum absolute atomic E-state index is 0.259. The molecule has 0 unspecified atom stereocenters. The molecule has 0 bridgehead atoms. The van der Waals surface area contributed by atoms with Gasteiger partial charge in [0.05, 0.1) is 12.3 Å². The zero-order valence-corrected chi connectivity index (χ0v) is 11.7. The normalized spacial score (nSPS) is 16.1. The topological polar surface area (TPSA) is 71.2 Å². The zero-order valence-electron chi connectivity index (χ0n) is 11.7. The van der Waals surface area contributed by atoms with Crippen LogP contribution in [0.5, 0.6) is 0 Å². The first kappa shape index (κ1) is 14.2. The van der Waals surface area contributed by atoms with E-state index in [9.17, 15) is 4.79 Å². The van der Waals surface area contributed by atoms with Gasteiger partial charge in [-0.1, -0.05) is 18.2 Å². The molecule has 6 nitrogen and oxygen atoms in total. The highest BCUT2D eigenvalue weighted by Gasteiger charge is 2.22. The highest BCUT2D eigenvalue weighted by Crippen LogP contribution is 2.11. The summed E-state index contributed by atoms with van der Waals surface area (Å²) in [5, 5.41) is 0. The number of nitrogens with zero attached hydrogens (tertiary/aromatic N) is 3. The van der Waals surface area contributed by atoms with Crippen molar-refractivity contribution in [3.63, 3.8) is 0 Å². The molecular formula is C14H20N4O2. The van der Waals surface area contributed by atoms with Gasteiger partial charge in [0.2, 0.25) is 0 Å². The summed E-state index contributed by atoms with van der Waals surface area (Å²) >= 11 is 0. The number of hydrogen-bond acceptors (Lipinski definition) is 3. The zero-order chi connectivity index (χ0) is 14.4. The van der Waals surface area contributed by atoms with Gasteiger partial charge in [-0.15, -0.1) is 0 Å². The Balaban J connectivity index is 1.90. The van der Waals surface area contributed by atoms with Crippen LogP contribution in [0.15, 0.2) is 35.3 Å². The molecule has 1 aliphatic heterocycles. The van der Waals surface area contributed by atoms with Crippen LogP contribution in [0, 0.1) is 0 Å². The average Bonchev–Trinajstić information content (AvgIpc) is 2.48. The minimum Gasteiger partial charge on any atom is -0.450 e. The van der Waals surface area contributed by atoms with E-state index in [0.717, 1.165) is 5.69 Å². The van der Waals surface area contributed by atoms with Gasteiger partial charge in [-0.25, -0.2) is 9.79 Å². The van der Waals surface area contributed by atoms with Crippen molar-refractivity contribution in [3.05, 3.63) is 30.3 Å². The predicted molar refractivity (Wildman–Crippen MR) is 77.9 cm³/mol. The van der Waals surface area contributed by atoms with Gasteiger partial charge >= 0.3 is 6.09 Å². The second-order valence-electron chi connectivity index (χ2n) is 4.48. The van der Waals surface area contributed by atoms with Crippen molar-refractivity contribution in [2.24, 2.45) is 10.7 Å². The largest absolute Gasteiger partial charge is 0.450 e. The van der Waals surface area contributed by atoms with Gasteiger partial charge in [-0.05, 0) is 19.1 Å². The Morgan fingerprint density at radius 3 is 2.40 bits per heavy atom. The van der Waals surface area contributed by atoms with Crippen LogP contribution < -0.4 is 5.73 Å². The van der Waals surface area contributed by atoms with E-state index in [4.69, 9.17) is 10.5 Å². The Kier molecular flexibility index (Phi) is 4.81. The number of rotatable bonds is 2. The maximum absolute atomic E-state index is 11.6. The quantitative estimate of drug-likeness (QED) is 0.655. The fourth-order valence-corrected chi connectivity index (χ4v) is 2.04. The summed E-state index contributed by atoms with van der Waals surface area (Å²) in [5.74, 6) is 0.486. The van der Waals surface area contributed by atoms with Crippen molar-refractivity contribution in [2.75, 3.05) is 32.8 Å². The maximum Gasteiger partial charge on any atom is 0.409 e. The summed E-state index contributed by atoms with van der Waals surface area (Å²) < 4.78 is 4.98. The van der Waals surface area contributed by atoms with Gasteiger partial charge < -0.3 is 20.3 Å². The van der Waals surface area contributed by atoms with E-state index in [1.54, 1.807) is 11.8 Å². The van der Waals surface area contributed by atoms with Crippen LogP contribution in [0.4, 0.5) is 10.5 Å². The summed E-state index contributed by atoms with van der Waals surface area (Å²) in [5.41, 5.74) is 6.83. The number of hydrogen-bond donors (Lipinski definition) is 1. The van der Waals surface area contributed by atoms with Crippen molar-refractivity contribution in [2.45, 2.75) is 6.92 Å². The van der Waals surface area contributed by atoms with Gasteiger partial charge in [0, 0.05) is 26.2 Å². The maximum atomic E-state index is 11.6. The molecule has 0 aromatic heterocycles. The van der Waals surface area contributed by atoms with Crippen LogP contribution in [0.2, 0.25) is 0 Å². The third-order valence-electron chi connectivity index (χ3n) is 3.13. The molecule has 0 atom stereocenters. The van der Waals surface area contributed by atoms with Crippen LogP contribution in [-0.2, 0) is 4.74 Å². The van der Waals surface area contributed by atoms with Gasteiger partial charge in [0.15, 0.2) is 5.96 Å². The molecule has 1 fully saturated rings. The second kappa shape index (κ2) is 6.79. The summed E-state index contributed by atoms with van der Waals surface area (Å²) in [4.78, 5) is 19.6.